The molecule has 70 valence electrons. The monoisotopic (exact) mass is 170 g/mol. The van der Waals surface area contributed by atoms with Crippen molar-refractivity contribution >= 4 is 0 Å². The molecule has 2 unspecified atom stereocenters. The SMILES string of the molecule is CC(C)[C@]1(O)CCC2(C)OC2C1. The Morgan fingerprint density at radius 1 is 1.42 bits per heavy atom. The lowest BCUT2D eigenvalue weighted by molar-refractivity contribution is -0.0349. The molecule has 2 heteroatoms. The third kappa shape index (κ3) is 1.09. The molecule has 1 aliphatic heterocycles. The Morgan fingerprint density at radius 2 is 2.08 bits per heavy atom. The molecule has 0 radical (unpaired) electrons. The van der Waals surface area contributed by atoms with E-state index in [1.807, 2.05) is 0 Å². The van der Waals surface area contributed by atoms with E-state index in [4.69, 9.17) is 4.74 Å². The van der Waals surface area contributed by atoms with Gasteiger partial charge in [0.15, 0.2) is 0 Å². The first-order chi connectivity index (χ1) is 5.46. The smallest absolute Gasteiger partial charge is 0.0922 e. The average Bonchev–Trinajstić information content (AvgIpc) is 2.60. The summed E-state index contributed by atoms with van der Waals surface area (Å²) in [6.07, 6.45) is 3.09. The lowest BCUT2D eigenvalue weighted by atomic mass is 9.74. The fraction of sp³-hybridized carbons (Fsp3) is 1.00. The first kappa shape index (κ1) is 8.52. The van der Waals surface area contributed by atoms with Gasteiger partial charge in [0, 0.05) is 6.42 Å². The van der Waals surface area contributed by atoms with Gasteiger partial charge in [0.05, 0.1) is 17.3 Å². The van der Waals surface area contributed by atoms with E-state index in [-0.39, 0.29) is 5.60 Å². The summed E-state index contributed by atoms with van der Waals surface area (Å²) in [4.78, 5) is 0. The van der Waals surface area contributed by atoms with Gasteiger partial charge in [0.1, 0.15) is 0 Å². The molecule has 2 rings (SSSR count). The van der Waals surface area contributed by atoms with Gasteiger partial charge in [-0.15, -0.1) is 0 Å². The molecule has 0 aromatic carbocycles. The van der Waals surface area contributed by atoms with E-state index in [0.29, 0.717) is 12.0 Å². The van der Waals surface area contributed by atoms with Crippen LogP contribution in [0.15, 0.2) is 0 Å². The fourth-order valence-electron chi connectivity index (χ4n) is 2.18. The zero-order chi connectivity index (χ0) is 8.98. The largest absolute Gasteiger partial charge is 0.390 e. The molecule has 0 aromatic rings. The lowest BCUT2D eigenvalue weighted by Gasteiger charge is -2.35. The highest BCUT2D eigenvalue weighted by molar-refractivity contribution is 5.08. The number of epoxide rings is 1. The maximum absolute atomic E-state index is 10.2. The maximum Gasteiger partial charge on any atom is 0.0922 e. The number of hydrogen-bond donors (Lipinski definition) is 1. The molecule has 12 heavy (non-hydrogen) atoms. The molecule has 2 nitrogen and oxygen atoms in total. The predicted molar refractivity (Wildman–Crippen MR) is 46.9 cm³/mol. The van der Waals surface area contributed by atoms with Crippen molar-refractivity contribution in [3.8, 4) is 0 Å². The van der Waals surface area contributed by atoms with Crippen LogP contribution in [-0.4, -0.2) is 22.4 Å². The van der Waals surface area contributed by atoms with E-state index in [9.17, 15) is 5.11 Å². The summed E-state index contributed by atoms with van der Waals surface area (Å²) in [5, 5.41) is 10.2. The maximum atomic E-state index is 10.2. The minimum absolute atomic E-state index is 0.126. The van der Waals surface area contributed by atoms with Crippen LogP contribution in [0.1, 0.15) is 40.0 Å². The summed E-state index contributed by atoms with van der Waals surface area (Å²) in [5.74, 6) is 0.353. The second-order valence-corrected chi connectivity index (χ2v) is 4.88. The topological polar surface area (TPSA) is 32.8 Å². The summed E-state index contributed by atoms with van der Waals surface area (Å²) in [7, 11) is 0. The van der Waals surface area contributed by atoms with Gasteiger partial charge >= 0.3 is 0 Å². The van der Waals surface area contributed by atoms with E-state index in [1.54, 1.807) is 0 Å². The highest BCUT2D eigenvalue weighted by atomic mass is 16.6. The molecule has 2 fully saturated rings. The second-order valence-electron chi connectivity index (χ2n) is 4.88. The molecule has 1 aliphatic carbocycles. The Balaban J connectivity index is 2.05. The molecular weight excluding hydrogens is 152 g/mol. The third-order valence-electron chi connectivity index (χ3n) is 3.70. The lowest BCUT2D eigenvalue weighted by Crippen LogP contribution is -2.41. The van der Waals surface area contributed by atoms with E-state index >= 15 is 0 Å². The zero-order valence-corrected chi connectivity index (χ0v) is 8.13. The van der Waals surface area contributed by atoms with Crippen LogP contribution < -0.4 is 0 Å². The van der Waals surface area contributed by atoms with Crippen LogP contribution in [0.2, 0.25) is 0 Å². The Bertz CT molecular complexity index is 202. The summed E-state index contributed by atoms with van der Waals surface area (Å²) in [5.41, 5.74) is -0.332. The number of rotatable bonds is 1. The van der Waals surface area contributed by atoms with Crippen molar-refractivity contribution in [1.29, 1.82) is 0 Å². The van der Waals surface area contributed by atoms with Crippen LogP contribution in [-0.2, 0) is 4.74 Å². The van der Waals surface area contributed by atoms with Gasteiger partial charge in [0.2, 0.25) is 0 Å². The molecule has 2 aliphatic rings. The molecule has 1 saturated carbocycles. The zero-order valence-electron chi connectivity index (χ0n) is 8.13. The highest BCUT2D eigenvalue weighted by Gasteiger charge is 2.59. The average molecular weight is 170 g/mol. The molecule has 0 aromatic heterocycles. The molecular formula is C10H18O2. The van der Waals surface area contributed by atoms with Gasteiger partial charge < -0.3 is 9.84 Å². The van der Waals surface area contributed by atoms with E-state index in [1.165, 1.54) is 0 Å². The number of hydrogen-bond acceptors (Lipinski definition) is 2. The molecule has 3 atom stereocenters. The Kier molecular flexibility index (Phi) is 1.59. The van der Waals surface area contributed by atoms with Crippen LogP contribution in [0.4, 0.5) is 0 Å². The summed E-state index contributed by atoms with van der Waals surface area (Å²) in [6.45, 7) is 6.33. The van der Waals surface area contributed by atoms with Crippen molar-refractivity contribution in [3.05, 3.63) is 0 Å². The van der Waals surface area contributed by atoms with Crippen molar-refractivity contribution in [2.45, 2.75) is 57.3 Å². The van der Waals surface area contributed by atoms with Gasteiger partial charge in [-0.25, -0.2) is 0 Å². The van der Waals surface area contributed by atoms with Crippen LogP contribution in [0, 0.1) is 5.92 Å². The van der Waals surface area contributed by atoms with Crippen molar-refractivity contribution in [2.24, 2.45) is 5.92 Å². The van der Waals surface area contributed by atoms with Crippen molar-refractivity contribution < 1.29 is 9.84 Å². The standard InChI is InChI=1S/C10H18O2/c1-7(2)10(11)5-4-9(3)8(6-10)12-9/h7-8,11H,4-6H2,1-3H3/t8?,9?,10-/m0/s1. The Morgan fingerprint density at radius 3 is 2.58 bits per heavy atom. The molecule has 1 saturated heterocycles. The molecule has 0 spiro atoms. The van der Waals surface area contributed by atoms with Gasteiger partial charge in [-0.1, -0.05) is 13.8 Å². The highest BCUT2D eigenvalue weighted by Crippen LogP contribution is 2.52. The Labute approximate surface area is 73.9 Å². The predicted octanol–water partition coefficient (Wildman–Crippen LogP) is 1.71. The van der Waals surface area contributed by atoms with Gasteiger partial charge in [-0.05, 0) is 25.7 Å². The quantitative estimate of drug-likeness (QED) is 0.608. The van der Waals surface area contributed by atoms with Crippen LogP contribution in [0.3, 0.4) is 0 Å². The van der Waals surface area contributed by atoms with Crippen molar-refractivity contribution in [3.63, 3.8) is 0 Å². The first-order valence-electron chi connectivity index (χ1n) is 4.86. The summed E-state index contributed by atoms with van der Waals surface area (Å²) >= 11 is 0. The van der Waals surface area contributed by atoms with Crippen molar-refractivity contribution in [2.75, 3.05) is 0 Å². The molecule has 1 heterocycles. The molecule has 1 N–H and O–H groups in total. The number of ether oxygens (including phenoxy) is 1. The minimum atomic E-state index is -0.458. The summed E-state index contributed by atoms with van der Waals surface area (Å²) < 4.78 is 5.55. The number of aliphatic hydroxyl groups is 1. The Hall–Kier alpha value is -0.0800. The summed E-state index contributed by atoms with van der Waals surface area (Å²) in [6, 6.07) is 0. The van der Waals surface area contributed by atoms with E-state index in [2.05, 4.69) is 20.8 Å². The van der Waals surface area contributed by atoms with Gasteiger partial charge in [-0.3, -0.25) is 0 Å². The van der Waals surface area contributed by atoms with E-state index in [0.717, 1.165) is 19.3 Å². The van der Waals surface area contributed by atoms with Gasteiger partial charge in [-0.2, -0.15) is 0 Å². The van der Waals surface area contributed by atoms with E-state index < -0.39 is 5.60 Å². The fourth-order valence-corrected chi connectivity index (χ4v) is 2.18. The minimum Gasteiger partial charge on any atom is -0.390 e. The first-order valence-corrected chi connectivity index (χ1v) is 4.86. The van der Waals surface area contributed by atoms with Crippen LogP contribution >= 0.6 is 0 Å². The van der Waals surface area contributed by atoms with Crippen LogP contribution in [0.5, 0.6) is 0 Å². The number of fused-ring (bicyclic) bond motifs is 1. The van der Waals surface area contributed by atoms with Gasteiger partial charge in [0.25, 0.3) is 0 Å². The normalized spacial score (nSPS) is 52.2. The second kappa shape index (κ2) is 2.24. The molecule has 0 bridgehead atoms. The van der Waals surface area contributed by atoms with Crippen molar-refractivity contribution in [1.82, 2.24) is 0 Å². The third-order valence-corrected chi connectivity index (χ3v) is 3.70. The molecule has 0 amide bonds. The van der Waals surface area contributed by atoms with Crippen LogP contribution in [0.25, 0.3) is 0 Å².